The van der Waals surface area contributed by atoms with Gasteiger partial charge in [0.05, 0.1) is 29.4 Å². The highest BCUT2D eigenvalue weighted by Crippen LogP contribution is 2.36. The Morgan fingerprint density at radius 2 is 1.24 bits per heavy atom. The fourth-order valence-corrected chi connectivity index (χ4v) is 4.36. The zero-order chi connectivity index (χ0) is 27.0. The molecule has 0 spiro atoms. The molecule has 1 saturated heterocycles. The van der Waals surface area contributed by atoms with E-state index in [0.29, 0.717) is 11.1 Å². The SMILES string of the molecule is COC(=O)c1ccc2cc(B3OC(C)(C)C(C)(C)O3)ccc2c1.O=C(O)c1ccc2cc(Br)ccc2c1. The smallest absolute Gasteiger partial charge is 0.478 e. The van der Waals surface area contributed by atoms with E-state index in [0.717, 1.165) is 31.5 Å². The highest BCUT2D eigenvalue weighted by molar-refractivity contribution is 9.10. The van der Waals surface area contributed by atoms with E-state index in [4.69, 9.17) is 19.2 Å². The molecule has 0 aromatic heterocycles. The van der Waals surface area contributed by atoms with Gasteiger partial charge in [-0.25, -0.2) is 9.59 Å². The molecule has 5 rings (SSSR count). The normalized spacial score (nSPS) is 15.8. The second-order valence-corrected chi connectivity index (χ2v) is 10.8. The average Bonchev–Trinajstić information content (AvgIpc) is 3.09. The van der Waals surface area contributed by atoms with E-state index in [2.05, 4.69) is 15.9 Å². The molecule has 0 amide bonds. The maximum Gasteiger partial charge on any atom is 0.494 e. The lowest BCUT2D eigenvalue weighted by molar-refractivity contribution is 0.00578. The van der Waals surface area contributed by atoms with Crippen LogP contribution >= 0.6 is 15.9 Å². The summed E-state index contributed by atoms with van der Waals surface area (Å²) in [5.74, 6) is -1.23. The summed E-state index contributed by atoms with van der Waals surface area (Å²) in [5.41, 5.74) is 1.12. The van der Waals surface area contributed by atoms with E-state index in [1.807, 2.05) is 82.3 Å². The standard InChI is InChI=1S/C18H21BO4.C11H7BrO2/c1-17(2)18(3,4)23-19(22-17)15-9-8-12-10-14(16(20)21-5)7-6-13(12)11-15;12-10-4-3-7-5-9(11(13)14)2-1-8(7)6-10/h6-11H,1-5H3;1-6H,(H,13,14). The van der Waals surface area contributed by atoms with Gasteiger partial charge < -0.3 is 19.2 Å². The van der Waals surface area contributed by atoms with Crippen molar-refractivity contribution in [1.82, 2.24) is 0 Å². The van der Waals surface area contributed by atoms with Crippen molar-refractivity contribution in [2.24, 2.45) is 0 Å². The van der Waals surface area contributed by atoms with Crippen LogP contribution in [0.25, 0.3) is 21.5 Å². The Bertz CT molecular complexity index is 1480. The lowest BCUT2D eigenvalue weighted by atomic mass is 9.78. The molecule has 6 nitrogen and oxygen atoms in total. The van der Waals surface area contributed by atoms with Crippen molar-refractivity contribution >= 4 is 62.0 Å². The molecule has 4 aromatic rings. The van der Waals surface area contributed by atoms with Crippen molar-refractivity contribution in [3.8, 4) is 0 Å². The summed E-state index contributed by atoms with van der Waals surface area (Å²) in [7, 11) is 0.998. The number of benzene rings is 4. The van der Waals surface area contributed by atoms with Crippen LogP contribution in [0.15, 0.2) is 77.3 Å². The first-order valence-electron chi connectivity index (χ1n) is 11.8. The van der Waals surface area contributed by atoms with Crippen LogP contribution in [0.2, 0.25) is 0 Å². The quantitative estimate of drug-likeness (QED) is 0.235. The number of carbonyl (C=O) groups excluding carboxylic acids is 1. The predicted molar refractivity (Wildman–Crippen MR) is 150 cm³/mol. The van der Waals surface area contributed by atoms with Crippen LogP contribution in [0.4, 0.5) is 0 Å². The summed E-state index contributed by atoms with van der Waals surface area (Å²) < 4.78 is 17.9. The molecule has 4 aromatic carbocycles. The molecule has 1 heterocycles. The number of aromatic carboxylic acids is 1. The van der Waals surface area contributed by atoms with Crippen molar-refractivity contribution in [3.05, 3.63) is 88.4 Å². The van der Waals surface area contributed by atoms with Crippen molar-refractivity contribution in [1.29, 1.82) is 0 Å². The highest BCUT2D eigenvalue weighted by Gasteiger charge is 2.51. The molecule has 0 unspecified atom stereocenters. The fraction of sp³-hybridized carbons (Fsp3) is 0.241. The summed E-state index contributed by atoms with van der Waals surface area (Å²) in [5, 5.41) is 12.8. The molecule has 37 heavy (non-hydrogen) atoms. The fourth-order valence-electron chi connectivity index (χ4n) is 3.98. The Morgan fingerprint density at radius 1 is 0.757 bits per heavy atom. The molecule has 0 radical (unpaired) electrons. The van der Waals surface area contributed by atoms with Crippen molar-refractivity contribution in [3.63, 3.8) is 0 Å². The molecule has 1 N–H and O–H groups in total. The van der Waals surface area contributed by atoms with Crippen molar-refractivity contribution in [2.75, 3.05) is 7.11 Å². The van der Waals surface area contributed by atoms with Crippen LogP contribution < -0.4 is 5.46 Å². The van der Waals surface area contributed by atoms with Crippen LogP contribution in [-0.4, -0.2) is 42.5 Å². The molecular formula is C29H28BBrO6. The zero-order valence-corrected chi connectivity index (χ0v) is 23.0. The monoisotopic (exact) mass is 562 g/mol. The first-order chi connectivity index (χ1) is 17.4. The molecule has 8 heteroatoms. The van der Waals surface area contributed by atoms with Gasteiger partial charge in [-0.3, -0.25) is 0 Å². The minimum atomic E-state index is -0.894. The molecular weight excluding hydrogens is 535 g/mol. The van der Waals surface area contributed by atoms with Gasteiger partial charge in [-0.05, 0) is 91.1 Å². The number of fused-ring (bicyclic) bond motifs is 2. The number of halogens is 1. The third-order valence-electron chi connectivity index (χ3n) is 6.86. The summed E-state index contributed by atoms with van der Waals surface area (Å²) in [6.45, 7) is 8.15. The largest absolute Gasteiger partial charge is 0.494 e. The number of esters is 1. The van der Waals surface area contributed by atoms with Crippen LogP contribution in [-0.2, 0) is 14.0 Å². The maximum atomic E-state index is 11.6. The Morgan fingerprint density at radius 3 is 1.84 bits per heavy atom. The van der Waals surface area contributed by atoms with Gasteiger partial charge >= 0.3 is 19.1 Å². The summed E-state index contributed by atoms with van der Waals surface area (Å²) in [6.07, 6.45) is 0. The third kappa shape index (κ3) is 5.71. The van der Waals surface area contributed by atoms with E-state index in [1.165, 1.54) is 7.11 Å². The second-order valence-electron chi connectivity index (χ2n) is 9.91. The van der Waals surface area contributed by atoms with Crippen molar-refractivity contribution in [2.45, 2.75) is 38.9 Å². The number of carboxylic acids is 1. The molecule has 0 saturated carbocycles. The molecule has 0 bridgehead atoms. The van der Waals surface area contributed by atoms with E-state index >= 15 is 0 Å². The van der Waals surface area contributed by atoms with Gasteiger partial charge in [0.1, 0.15) is 0 Å². The lowest BCUT2D eigenvalue weighted by Gasteiger charge is -2.32. The van der Waals surface area contributed by atoms with E-state index in [1.54, 1.807) is 18.2 Å². The number of hydrogen-bond donors (Lipinski definition) is 1. The Kier molecular flexibility index (Phi) is 7.46. The first-order valence-corrected chi connectivity index (χ1v) is 12.6. The van der Waals surface area contributed by atoms with Gasteiger partial charge in [-0.1, -0.05) is 52.3 Å². The molecule has 1 fully saturated rings. The van der Waals surface area contributed by atoms with E-state index in [-0.39, 0.29) is 24.3 Å². The van der Waals surface area contributed by atoms with Crippen LogP contribution in [0.3, 0.4) is 0 Å². The number of carboxylic acid groups (broad SMARTS) is 1. The maximum absolute atomic E-state index is 11.6. The van der Waals surface area contributed by atoms with Crippen molar-refractivity contribution < 1.29 is 28.7 Å². The predicted octanol–water partition coefficient (Wildman–Crippen LogP) is 6.23. The Balaban J connectivity index is 0.000000195. The van der Waals surface area contributed by atoms with Gasteiger partial charge in [-0.15, -0.1) is 0 Å². The lowest BCUT2D eigenvalue weighted by Crippen LogP contribution is -2.41. The van der Waals surface area contributed by atoms with E-state index in [9.17, 15) is 9.59 Å². The third-order valence-corrected chi connectivity index (χ3v) is 7.35. The highest BCUT2D eigenvalue weighted by atomic mass is 79.9. The topological polar surface area (TPSA) is 82.1 Å². The molecule has 1 aliphatic rings. The van der Waals surface area contributed by atoms with Crippen LogP contribution in [0.1, 0.15) is 48.4 Å². The van der Waals surface area contributed by atoms with Crippen LogP contribution in [0, 0.1) is 0 Å². The second kappa shape index (κ2) is 10.3. The Labute approximate surface area is 224 Å². The minimum absolute atomic E-state index is 0.319. The average molecular weight is 563 g/mol. The molecule has 190 valence electrons. The van der Waals surface area contributed by atoms with Gasteiger partial charge in [0.15, 0.2) is 0 Å². The minimum Gasteiger partial charge on any atom is -0.478 e. The summed E-state index contributed by atoms with van der Waals surface area (Å²) in [6, 6.07) is 22.3. The Hall–Kier alpha value is -3.20. The van der Waals surface area contributed by atoms with E-state index < -0.39 is 5.97 Å². The zero-order valence-electron chi connectivity index (χ0n) is 21.4. The number of carbonyl (C=O) groups is 2. The summed E-state index contributed by atoms with van der Waals surface area (Å²) in [4.78, 5) is 22.3. The number of methoxy groups -OCH3 is 1. The number of rotatable bonds is 3. The van der Waals surface area contributed by atoms with Gasteiger partial charge in [0, 0.05) is 4.47 Å². The number of ether oxygens (including phenoxy) is 1. The first kappa shape index (κ1) is 26.9. The van der Waals surface area contributed by atoms with Gasteiger partial charge in [0.25, 0.3) is 0 Å². The van der Waals surface area contributed by atoms with Gasteiger partial charge in [0.2, 0.25) is 0 Å². The molecule has 1 aliphatic heterocycles. The molecule has 0 atom stereocenters. The number of hydrogen-bond acceptors (Lipinski definition) is 5. The van der Waals surface area contributed by atoms with Crippen LogP contribution in [0.5, 0.6) is 0 Å². The van der Waals surface area contributed by atoms with Gasteiger partial charge in [-0.2, -0.15) is 0 Å². The summed E-state index contributed by atoms with van der Waals surface area (Å²) >= 11 is 3.36. The molecule has 0 aliphatic carbocycles.